The summed E-state index contributed by atoms with van der Waals surface area (Å²) in [7, 11) is 0. The van der Waals surface area contributed by atoms with E-state index in [1.165, 1.54) is 0 Å². The molecule has 0 spiro atoms. The fraction of sp³-hybridized carbons (Fsp3) is 0. The number of hydrogen-bond acceptors (Lipinski definition) is 2. The molecule has 0 aliphatic rings. The van der Waals surface area contributed by atoms with Crippen LogP contribution in [0.4, 0.5) is 0 Å². The normalized spacial score (nSPS) is 10.8. The van der Waals surface area contributed by atoms with E-state index in [2.05, 4.69) is 0 Å². The summed E-state index contributed by atoms with van der Waals surface area (Å²) < 4.78 is 0. The standard InChI is InChI=1S/C16H11NO2/c17-11-13-8-6-12(7-9-13)10-15(16(18)19)14-4-2-1-3-5-14/h1-10H,(H,18,19). The molecule has 0 aromatic heterocycles. The van der Waals surface area contributed by atoms with Crippen molar-refractivity contribution < 1.29 is 9.90 Å². The Morgan fingerprint density at radius 2 is 1.68 bits per heavy atom. The van der Waals surface area contributed by atoms with Gasteiger partial charge in [-0.05, 0) is 29.3 Å². The molecule has 2 aromatic rings. The number of benzene rings is 2. The summed E-state index contributed by atoms with van der Waals surface area (Å²) in [6.07, 6.45) is 1.60. The van der Waals surface area contributed by atoms with Crippen LogP contribution in [0.15, 0.2) is 54.6 Å². The maximum Gasteiger partial charge on any atom is 0.336 e. The fourth-order valence-electron chi connectivity index (χ4n) is 1.71. The maximum atomic E-state index is 11.3. The predicted molar refractivity (Wildman–Crippen MR) is 73.1 cm³/mol. The molecular formula is C16H11NO2. The Kier molecular flexibility index (Phi) is 3.75. The van der Waals surface area contributed by atoms with Crippen molar-refractivity contribution in [2.24, 2.45) is 0 Å². The Hall–Kier alpha value is -2.86. The Morgan fingerprint density at radius 3 is 2.21 bits per heavy atom. The second kappa shape index (κ2) is 5.65. The molecule has 3 heteroatoms. The number of carboxylic acid groups (broad SMARTS) is 1. The van der Waals surface area contributed by atoms with Gasteiger partial charge < -0.3 is 5.11 Å². The first-order chi connectivity index (χ1) is 9.20. The first-order valence-electron chi connectivity index (χ1n) is 5.71. The van der Waals surface area contributed by atoms with E-state index in [1.807, 2.05) is 12.1 Å². The Bertz CT molecular complexity index is 649. The number of carboxylic acids is 1. The summed E-state index contributed by atoms with van der Waals surface area (Å²) in [5, 5.41) is 18.0. The SMILES string of the molecule is N#Cc1ccc(C=C(C(=O)O)c2ccccc2)cc1. The topological polar surface area (TPSA) is 61.1 Å². The van der Waals surface area contributed by atoms with Gasteiger partial charge in [-0.2, -0.15) is 5.26 Å². The third-order valence-electron chi connectivity index (χ3n) is 2.67. The minimum absolute atomic E-state index is 0.227. The van der Waals surface area contributed by atoms with E-state index in [4.69, 9.17) is 5.26 Å². The van der Waals surface area contributed by atoms with Crippen LogP contribution in [-0.2, 0) is 4.79 Å². The van der Waals surface area contributed by atoms with Crippen molar-refractivity contribution in [2.75, 3.05) is 0 Å². The molecule has 0 saturated heterocycles. The Morgan fingerprint density at radius 1 is 1.05 bits per heavy atom. The molecule has 2 aromatic carbocycles. The van der Waals surface area contributed by atoms with Crippen LogP contribution in [0.1, 0.15) is 16.7 Å². The second-order valence-corrected chi connectivity index (χ2v) is 3.96. The van der Waals surface area contributed by atoms with Crippen LogP contribution >= 0.6 is 0 Å². The summed E-state index contributed by atoms with van der Waals surface area (Å²) in [6.45, 7) is 0. The summed E-state index contributed by atoms with van der Waals surface area (Å²) >= 11 is 0. The molecule has 0 saturated carbocycles. The van der Waals surface area contributed by atoms with E-state index in [9.17, 15) is 9.90 Å². The van der Waals surface area contributed by atoms with Crippen molar-refractivity contribution >= 4 is 17.6 Å². The Balaban J connectivity index is 2.42. The predicted octanol–water partition coefficient (Wildman–Crippen LogP) is 3.18. The molecule has 0 aliphatic heterocycles. The van der Waals surface area contributed by atoms with Crippen LogP contribution in [-0.4, -0.2) is 11.1 Å². The highest BCUT2D eigenvalue weighted by Crippen LogP contribution is 2.18. The van der Waals surface area contributed by atoms with Crippen molar-refractivity contribution in [1.82, 2.24) is 0 Å². The molecule has 1 N–H and O–H groups in total. The van der Waals surface area contributed by atoms with Gasteiger partial charge in [0.25, 0.3) is 0 Å². The van der Waals surface area contributed by atoms with Gasteiger partial charge >= 0.3 is 5.97 Å². The van der Waals surface area contributed by atoms with E-state index in [0.717, 1.165) is 5.56 Å². The lowest BCUT2D eigenvalue weighted by Crippen LogP contribution is -1.99. The summed E-state index contributed by atoms with van der Waals surface area (Å²) in [4.78, 5) is 11.3. The molecule has 0 amide bonds. The lowest BCUT2D eigenvalue weighted by molar-refractivity contribution is -0.130. The van der Waals surface area contributed by atoms with Gasteiger partial charge in [0.15, 0.2) is 0 Å². The molecular weight excluding hydrogens is 238 g/mol. The van der Waals surface area contributed by atoms with Crippen LogP contribution < -0.4 is 0 Å². The molecule has 0 radical (unpaired) electrons. The van der Waals surface area contributed by atoms with Crippen LogP contribution in [0.25, 0.3) is 11.6 Å². The second-order valence-electron chi connectivity index (χ2n) is 3.96. The van der Waals surface area contributed by atoms with E-state index >= 15 is 0 Å². The van der Waals surface area contributed by atoms with Crippen LogP contribution in [0.2, 0.25) is 0 Å². The largest absolute Gasteiger partial charge is 0.478 e. The lowest BCUT2D eigenvalue weighted by Gasteiger charge is -2.03. The van der Waals surface area contributed by atoms with E-state index in [0.29, 0.717) is 11.1 Å². The van der Waals surface area contributed by atoms with Gasteiger partial charge in [0.1, 0.15) is 0 Å². The zero-order chi connectivity index (χ0) is 13.7. The van der Waals surface area contributed by atoms with Gasteiger partial charge in [0, 0.05) is 0 Å². The van der Waals surface area contributed by atoms with Gasteiger partial charge in [-0.15, -0.1) is 0 Å². The summed E-state index contributed by atoms with van der Waals surface area (Å²) in [5.41, 5.74) is 2.18. The fourth-order valence-corrected chi connectivity index (χ4v) is 1.71. The summed E-state index contributed by atoms with van der Waals surface area (Å²) in [5.74, 6) is -0.976. The minimum atomic E-state index is -0.976. The van der Waals surface area contributed by atoms with Crippen LogP contribution in [0.5, 0.6) is 0 Å². The maximum absolute atomic E-state index is 11.3. The molecule has 0 atom stereocenters. The monoisotopic (exact) mass is 249 g/mol. The number of carbonyl (C=O) groups is 1. The quantitative estimate of drug-likeness (QED) is 0.671. The third kappa shape index (κ3) is 3.08. The first-order valence-corrected chi connectivity index (χ1v) is 5.71. The molecule has 0 heterocycles. The number of nitriles is 1. The number of aliphatic carboxylic acids is 1. The third-order valence-corrected chi connectivity index (χ3v) is 2.67. The van der Waals surface area contributed by atoms with Crippen molar-refractivity contribution in [2.45, 2.75) is 0 Å². The van der Waals surface area contributed by atoms with Gasteiger partial charge in [0.05, 0.1) is 17.2 Å². The molecule has 0 bridgehead atoms. The van der Waals surface area contributed by atoms with E-state index in [-0.39, 0.29) is 5.57 Å². The summed E-state index contributed by atoms with van der Waals surface area (Å²) in [6, 6.07) is 17.7. The minimum Gasteiger partial charge on any atom is -0.478 e. The molecule has 0 aliphatic carbocycles. The lowest BCUT2D eigenvalue weighted by atomic mass is 10.0. The van der Waals surface area contributed by atoms with Crippen molar-refractivity contribution in [3.63, 3.8) is 0 Å². The average molecular weight is 249 g/mol. The van der Waals surface area contributed by atoms with Gasteiger partial charge in [-0.25, -0.2) is 4.79 Å². The van der Waals surface area contributed by atoms with E-state index < -0.39 is 5.97 Å². The van der Waals surface area contributed by atoms with Crippen molar-refractivity contribution in [3.8, 4) is 6.07 Å². The zero-order valence-electron chi connectivity index (χ0n) is 10.1. The van der Waals surface area contributed by atoms with Gasteiger partial charge in [-0.1, -0.05) is 42.5 Å². The van der Waals surface area contributed by atoms with E-state index in [1.54, 1.807) is 54.6 Å². The number of nitrogens with zero attached hydrogens (tertiary/aromatic N) is 1. The smallest absolute Gasteiger partial charge is 0.336 e. The van der Waals surface area contributed by atoms with Crippen molar-refractivity contribution in [1.29, 1.82) is 5.26 Å². The highest BCUT2D eigenvalue weighted by atomic mass is 16.4. The zero-order valence-corrected chi connectivity index (χ0v) is 10.1. The molecule has 2 rings (SSSR count). The van der Waals surface area contributed by atoms with Gasteiger partial charge in [0.2, 0.25) is 0 Å². The van der Waals surface area contributed by atoms with Crippen LogP contribution in [0, 0.1) is 11.3 Å². The van der Waals surface area contributed by atoms with Gasteiger partial charge in [-0.3, -0.25) is 0 Å². The molecule has 19 heavy (non-hydrogen) atoms. The molecule has 3 nitrogen and oxygen atoms in total. The Labute approximate surface area is 111 Å². The molecule has 0 unspecified atom stereocenters. The van der Waals surface area contributed by atoms with Crippen LogP contribution in [0.3, 0.4) is 0 Å². The highest BCUT2D eigenvalue weighted by Gasteiger charge is 2.09. The van der Waals surface area contributed by atoms with Crippen molar-refractivity contribution in [3.05, 3.63) is 71.3 Å². The molecule has 0 fully saturated rings. The average Bonchev–Trinajstić information content (AvgIpc) is 2.46. The molecule has 92 valence electrons. The number of hydrogen-bond donors (Lipinski definition) is 1. The number of rotatable bonds is 3. The first kappa shape index (κ1) is 12.6. The highest BCUT2D eigenvalue weighted by molar-refractivity contribution is 6.20.